The monoisotopic (exact) mass is 401 g/mol. The van der Waals surface area contributed by atoms with Gasteiger partial charge in [0.2, 0.25) is 5.91 Å². The normalized spacial score (nSPS) is 18.3. The Morgan fingerprint density at radius 1 is 1.21 bits per heavy atom. The van der Waals surface area contributed by atoms with Gasteiger partial charge in [0.05, 0.1) is 19.7 Å². The molecule has 2 aliphatic rings. The summed E-state index contributed by atoms with van der Waals surface area (Å²) in [6, 6.07) is 8.54. The third-order valence-electron chi connectivity index (χ3n) is 5.49. The molecule has 3 N–H and O–H groups in total. The molecule has 7 heteroatoms. The Morgan fingerprint density at radius 2 is 1.97 bits per heavy atom. The van der Waals surface area contributed by atoms with Crippen molar-refractivity contribution < 1.29 is 9.53 Å². The van der Waals surface area contributed by atoms with Crippen LogP contribution >= 0.6 is 0 Å². The molecule has 7 nitrogen and oxygen atoms in total. The van der Waals surface area contributed by atoms with E-state index in [-0.39, 0.29) is 17.9 Å². The van der Waals surface area contributed by atoms with Gasteiger partial charge in [0, 0.05) is 25.6 Å². The van der Waals surface area contributed by atoms with Crippen LogP contribution < -0.4 is 20.7 Å². The second-order valence-electron chi connectivity index (χ2n) is 7.75. The van der Waals surface area contributed by atoms with Gasteiger partial charge in [-0.1, -0.05) is 12.1 Å². The number of guanidine groups is 1. The molecule has 1 aromatic rings. The maximum atomic E-state index is 11.7. The minimum Gasteiger partial charge on any atom is -0.497 e. The van der Waals surface area contributed by atoms with Crippen LogP contribution in [0.2, 0.25) is 0 Å². The summed E-state index contributed by atoms with van der Waals surface area (Å²) in [5.74, 6) is 2.11. The van der Waals surface area contributed by atoms with Crippen LogP contribution in [0.4, 0.5) is 0 Å². The van der Waals surface area contributed by atoms with Gasteiger partial charge in [-0.3, -0.25) is 14.7 Å². The van der Waals surface area contributed by atoms with Gasteiger partial charge in [0.25, 0.3) is 0 Å². The third-order valence-corrected chi connectivity index (χ3v) is 5.49. The van der Waals surface area contributed by atoms with Crippen molar-refractivity contribution in [1.29, 1.82) is 0 Å². The number of aliphatic imine (C=N–C) groups is 1. The zero-order valence-corrected chi connectivity index (χ0v) is 17.7. The quantitative estimate of drug-likeness (QED) is 0.317. The molecule has 1 aliphatic carbocycles. The highest BCUT2D eigenvalue weighted by molar-refractivity contribution is 5.81. The van der Waals surface area contributed by atoms with Crippen LogP contribution in [0.3, 0.4) is 0 Å². The Labute approximate surface area is 174 Å². The van der Waals surface area contributed by atoms with E-state index in [1.165, 1.54) is 18.4 Å². The maximum Gasteiger partial charge on any atom is 0.223 e. The van der Waals surface area contributed by atoms with Gasteiger partial charge in [-0.05, 0) is 63.4 Å². The van der Waals surface area contributed by atoms with Crippen molar-refractivity contribution in [2.75, 3.05) is 46.4 Å². The Hall–Kier alpha value is -2.28. The van der Waals surface area contributed by atoms with Crippen LogP contribution in [0.25, 0.3) is 0 Å². The number of nitrogens with zero attached hydrogens (tertiary/aromatic N) is 2. The summed E-state index contributed by atoms with van der Waals surface area (Å²) in [6.07, 6.45) is 4.55. The van der Waals surface area contributed by atoms with E-state index >= 15 is 0 Å². The van der Waals surface area contributed by atoms with E-state index in [0.29, 0.717) is 19.6 Å². The number of methoxy groups -OCH3 is 1. The summed E-state index contributed by atoms with van der Waals surface area (Å²) in [7, 11) is 1.71. The van der Waals surface area contributed by atoms with Gasteiger partial charge in [0.15, 0.2) is 5.96 Å². The van der Waals surface area contributed by atoms with E-state index in [1.54, 1.807) is 7.11 Å². The maximum absolute atomic E-state index is 11.7. The van der Waals surface area contributed by atoms with Crippen molar-refractivity contribution in [3.05, 3.63) is 29.8 Å². The topological polar surface area (TPSA) is 78.0 Å². The van der Waals surface area contributed by atoms with Crippen LogP contribution in [0.15, 0.2) is 29.3 Å². The molecule has 0 aromatic heterocycles. The second kappa shape index (κ2) is 11.0. The van der Waals surface area contributed by atoms with Crippen molar-refractivity contribution in [2.24, 2.45) is 10.9 Å². The number of rotatable bonds is 10. The highest BCUT2D eigenvalue weighted by atomic mass is 16.5. The van der Waals surface area contributed by atoms with Crippen LogP contribution in [-0.4, -0.2) is 63.1 Å². The third kappa shape index (κ3) is 6.63. The molecule has 160 valence electrons. The van der Waals surface area contributed by atoms with E-state index in [0.717, 1.165) is 44.2 Å². The smallest absolute Gasteiger partial charge is 0.223 e. The number of hydrogen-bond acceptors (Lipinski definition) is 4. The van der Waals surface area contributed by atoms with E-state index in [1.807, 2.05) is 12.1 Å². The van der Waals surface area contributed by atoms with Crippen LogP contribution in [0, 0.1) is 5.92 Å². The minimum atomic E-state index is 0.181. The number of ether oxygens (including phenoxy) is 1. The number of nitrogens with one attached hydrogen (secondary N) is 3. The molecule has 1 saturated heterocycles. The van der Waals surface area contributed by atoms with Crippen molar-refractivity contribution in [3.63, 3.8) is 0 Å². The molecule has 1 heterocycles. The van der Waals surface area contributed by atoms with E-state index < -0.39 is 0 Å². The first-order valence-corrected chi connectivity index (χ1v) is 10.9. The lowest BCUT2D eigenvalue weighted by atomic mass is 10.1. The van der Waals surface area contributed by atoms with Crippen LogP contribution in [0.5, 0.6) is 5.75 Å². The summed E-state index contributed by atoms with van der Waals surface area (Å²) in [6.45, 7) is 7.03. The predicted octanol–water partition coefficient (Wildman–Crippen LogP) is 1.91. The van der Waals surface area contributed by atoms with Gasteiger partial charge in [-0.25, -0.2) is 0 Å². The van der Waals surface area contributed by atoms with Gasteiger partial charge < -0.3 is 20.7 Å². The van der Waals surface area contributed by atoms with Gasteiger partial charge in [-0.15, -0.1) is 0 Å². The van der Waals surface area contributed by atoms with Crippen molar-refractivity contribution in [3.8, 4) is 5.75 Å². The molecule has 1 aromatic carbocycles. The molecular weight excluding hydrogens is 366 g/mol. The molecule has 1 atom stereocenters. The van der Waals surface area contributed by atoms with Gasteiger partial charge in [0.1, 0.15) is 5.75 Å². The molecule has 3 rings (SSSR count). The summed E-state index contributed by atoms with van der Waals surface area (Å²) < 4.78 is 5.42. The summed E-state index contributed by atoms with van der Waals surface area (Å²) in [5.41, 5.74) is 1.24. The Bertz CT molecular complexity index is 684. The molecule has 2 fully saturated rings. The van der Waals surface area contributed by atoms with E-state index in [4.69, 9.17) is 9.73 Å². The fourth-order valence-electron chi connectivity index (χ4n) is 3.71. The average molecular weight is 402 g/mol. The highest BCUT2D eigenvalue weighted by Gasteiger charge is 2.29. The molecule has 1 amide bonds. The largest absolute Gasteiger partial charge is 0.497 e. The number of carbonyl (C=O) groups excluding carboxylic acids is 1. The Morgan fingerprint density at radius 3 is 2.66 bits per heavy atom. The first kappa shape index (κ1) is 21.4. The molecule has 0 spiro atoms. The zero-order valence-electron chi connectivity index (χ0n) is 17.7. The number of carbonyl (C=O) groups is 1. The number of hydrogen-bond donors (Lipinski definition) is 3. The molecule has 1 saturated carbocycles. The number of likely N-dealkylation sites (tertiary alicyclic amines) is 1. The standard InChI is InChI=1S/C22H35N5O2/c1-3-23-22(25-12-11-24-21(28)17-9-10-17)26-16-20(27-13-4-5-14-27)18-7-6-8-19(15-18)29-2/h6-8,15,17,20H,3-5,9-14,16H2,1-2H3,(H,24,28)(H2,23,25,26). The predicted molar refractivity (Wildman–Crippen MR) is 116 cm³/mol. The fraction of sp³-hybridized carbons (Fsp3) is 0.636. The van der Waals surface area contributed by atoms with Crippen molar-refractivity contribution >= 4 is 11.9 Å². The summed E-state index contributed by atoms with van der Waals surface area (Å²) in [4.78, 5) is 19.1. The molecule has 0 radical (unpaired) electrons. The molecule has 1 unspecified atom stereocenters. The van der Waals surface area contributed by atoms with Crippen molar-refractivity contribution in [1.82, 2.24) is 20.9 Å². The van der Waals surface area contributed by atoms with Crippen molar-refractivity contribution in [2.45, 2.75) is 38.6 Å². The molecule has 29 heavy (non-hydrogen) atoms. The zero-order chi connectivity index (χ0) is 20.5. The van der Waals surface area contributed by atoms with E-state index in [9.17, 15) is 4.79 Å². The first-order valence-electron chi connectivity index (χ1n) is 10.9. The summed E-state index contributed by atoms with van der Waals surface area (Å²) >= 11 is 0. The number of amides is 1. The van der Waals surface area contributed by atoms with Crippen LogP contribution in [0.1, 0.15) is 44.2 Å². The lowest BCUT2D eigenvalue weighted by Gasteiger charge is -2.27. The lowest BCUT2D eigenvalue weighted by molar-refractivity contribution is -0.122. The van der Waals surface area contributed by atoms with Crippen LogP contribution in [-0.2, 0) is 4.79 Å². The van der Waals surface area contributed by atoms with Gasteiger partial charge >= 0.3 is 0 Å². The molecule has 0 bridgehead atoms. The number of benzene rings is 1. The average Bonchev–Trinajstić information content (AvgIpc) is 3.47. The SMILES string of the molecule is CCNC(=NCC(c1cccc(OC)c1)N1CCCC1)NCCNC(=O)C1CC1. The molecule has 1 aliphatic heterocycles. The highest BCUT2D eigenvalue weighted by Crippen LogP contribution is 2.29. The van der Waals surface area contributed by atoms with Gasteiger partial charge in [-0.2, -0.15) is 0 Å². The summed E-state index contributed by atoms with van der Waals surface area (Å²) in [5, 5.41) is 9.63. The lowest BCUT2D eigenvalue weighted by Crippen LogP contribution is -2.42. The first-order chi connectivity index (χ1) is 14.2. The molecular formula is C22H35N5O2. The minimum absolute atomic E-state index is 0.181. The fourth-order valence-corrected chi connectivity index (χ4v) is 3.71. The van der Waals surface area contributed by atoms with E-state index in [2.05, 4.69) is 39.9 Å². The Balaban J connectivity index is 1.59. The second-order valence-corrected chi connectivity index (χ2v) is 7.75. The Kier molecular flexibility index (Phi) is 8.16.